The molecule has 1 aromatic heterocycles. The van der Waals surface area contributed by atoms with Crippen LogP contribution in [0.4, 0.5) is 0 Å². The molecule has 0 bridgehead atoms. The number of ether oxygens (including phenoxy) is 2. The Kier molecular flexibility index (Phi) is 7.22. The zero-order chi connectivity index (χ0) is 22.1. The number of para-hydroxylation sites is 1. The van der Waals surface area contributed by atoms with E-state index in [2.05, 4.69) is 5.32 Å². The Labute approximate surface area is 179 Å². The fraction of sp³-hybridized carbons (Fsp3) is 0.125. The van der Waals surface area contributed by atoms with Crippen molar-refractivity contribution in [1.82, 2.24) is 5.32 Å². The molecular weight excluding hydrogens is 396 g/mol. The van der Waals surface area contributed by atoms with Gasteiger partial charge in [0.1, 0.15) is 28.9 Å². The van der Waals surface area contributed by atoms with Gasteiger partial charge in [-0.1, -0.05) is 30.3 Å². The van der Waals surface area contributed by atoms with Crippen LogP contribution >= 0.6 is 0 Å². The Hall–Kier alpha value is -4.31. The van der Waals surface area contributed by atoms with E-state index in [0.717, 1.165) is 5.56 Å². The van der Waals surface area contributed by atoms with Gasteiger partial charge in [0.15, 0.2) is 6.61 Å². The Bertz CT molecular complexity index is 1110. The maximum Gasteiger partial charge on any atom is 0.349 e. The summed E-state index contributed by atoms with van der Waals surface area (Å²) >= 11 is 0. The van der Waals surface area contributed by atoms with Gasteiger partial charge in [0.05, 0.1) is 12.8 Å². The van der Waals surface area contributed by atoms with Gasteiger partial charge >= 0.3 is 5.97 Å². The summed E-state index contributed by atoms with van der Waals surface area (Å²) in [6.45, 7) is 1.85. The van der Waals surface area contributed by atoms with E-state index < -0.39 is 11.9 Å². The second kappa shape index (κ2) is 10.5. The average Bonchev–Trinajstić information content (AvgIpc) is 3.30. The summed E-state index contributed by atoms with van der Waals surface area (Å²) in [5.41, 5.74) is 1.48. The molecule has 1 heterocycles. The van der Waals surface area contributed by atoms with Gasteiger partial charge in [-0.15, -0.1) is 0 Å². The van der Waals surface area contributed by atoms with Crippen LogP contribution in [0, 0.1) is 18.3 Å². The predicted molar refractivity (Wildman–Crippen MR) is 113 cm³/mol. The predicted octanol–water partition coefficient (Wildman–Crippen LogP) is 3.80. The molecule has 0 spiro atoms. The van der Waals surface area contributed by atoms with Crippen LogP contribution < -0.4 is 14.8 Å². The zero-order valence-corrected chi connectivity index (χ0v) is 16.8. The molecule has 0 aliphatic carbocycles. The van der Waals surface area contributed by atoms with Crippen molar-refractivity contribution >= 4 is 18.0 Å². The fourth-order valence-corrected chi connectivity index (χ4v) is 2.64. The van der Waals surface area contributed by atoms with E-state index in [1.54, 1.807) is 42.5 Å². The minimum absolute atomic E-state index is 0.0528. The van der Waals surface area contributed by atoms with E-state index in [1.807, 2.05) is 31.2 Å². The maximum atomic E-state index is 12.2. The second-order valence-corrected chi connectivity index (χ2v) is 6.53. The Morgan fingerprint density at radius 1 is 1.10 bits per heavy atom. The third-order valence-corrected chi connectivity index (χ3v) is 4.23. The molecule has 0 radical (unpaired) electrons. The molecular formula is C24H20N2O5. The van der Waals surface area contributed by atoms with Crippen molar-refractivity contribution in [2.45, 2.75) is 13.5 Å². The minimum atomic E-state index is -0.540. The van der Waals surface area contributed by atoms with Gasteiger partial charge < -0.3 is 19.2 Å². The van der Waals surface area contributed by atoms with Crippen LogP contribution in [0.5, 0.6) is 11.5 Å². The summed E-state index contributed by atoms with van der Waals surface area (Å²) in [5.74, 6) is 0.484. The number of furan rings is 1. The van der Waals surface area contributed by atoms with E-state index in [9.17, 15) is 14.9 Å². The molecule has 0 aliphatic rings. The highest BCUT2D eigenvalue weighted by molar-refractivity contribution is 6.01. The normalized spacial score (nSPS) is 10.8. The number of nitrogens with one attached hydrogen (secondary N) is 1. The number of nitrogens with zero attached hydrogens (tertiary/aromatic N) is 1. The molecule has 2 aromatic carbocycles. The molecule has 156 valence electrons. The average molecular weight is 416 g/mol. The highest BCUT2D eigenvalue weighted by atomic mass is 16.6. The van der Waals surface area contributed by atoms with Crippen LogP contribution in [-0.4, -0.2) is 18.5 Å². The molecule has 7 nitrogen and oxygen atoms in total. The fourth-order valence-electron chi connectivity index (χ4n) is 2.64. The summed E-state index contributed by atoms with van der Waals surface area (Å²) in [7, 11) is 0. The first kappa shape index (κ1) is 21.4. The van der Waals surface area contributed by atoms with E-state index in [0.29, 0.717) is 22.8 Å². The number of nitriles is 1. The smallest absolute Gasteiger partial charge is 0.349 e. The summed E-state index contributed by atoms with van der Waals surface area (Å²) in [4.78, 5) is 24.2. The van der Waals surface area contributed by atoms with Gasteiger partial charge in [-0.25, -0.2) is 4.79 Å². The Morgan fingerprint density at radius 3 is 2.55 bits per heavy atom. The number of carbonyl (C=O) groups is 2. The topological polar surface area (TPSA) is 102 Å². The van der Waals surface area contributed by atoms with E-state index in [4.69, 9.17) is 13.9 Å². The number of rotatable bonds is 8. The number of hydrogen-bond acceptors (Lipinski definition) is 6. The molecule has 0 atom stereocenters. The standard InChI is InChI=1S/C24H20N2O5/c1-17-5-2-3-7-22(17)30-16-23(27)31-20-10-8-18(9-11-20)13-19(14-25)24(28)26-15-21-6-4-12-29-21/h2-13H,15-16H2,1H3,(H,26,28)/b19-13+. The van der Waals surface area contributed by atoms with Crippen LogP contribution in [-0.2, 0) is 16.1 Å². The van der Waals surface area contributed by atoms with E-state index in [-0.39, 0.29) is 18.7 Å². The lowest BCUT2D eigenvalue weighted by Crippen LogP contribution is -2.23. The Morgan fingerprint density at radius 2 is 1.87 bits per heavy atom. The van der Waals surface area contributed by atoms with Gasteiger partial charge in [-0.05, 0) is 54.5 Å². The first-order valence-corrected chi connectivity index (χ1v) is 9.46. The third-order valence-electron chi connectivity index (χ3n) is 4.23. The molecule has 0 saturated carbocycles. The van der Waals surface area contributed by atoms with Crippen molar-refractivity contribution < 1.29 is 23.5 Å². The lowest BCUT2D eigenvalue weighted by atomic mass is 10.1. The monoisotopic (exact) mass is 416 g/mol. The second-order valence-electron chi connectivity index (χ2n) is 6.53. The van der Waals surface area contributed by atoms with Crippen molar-refractivity contribution in [1.29, 1.82) is 5.26 Å². The maximum absolute atomic E-state index is 12.2. The summed E-state index contributed by atoms with van der Waals surface area (Å²) in [5, 5.41) is 11.9. The van der Waals surface area contributed by atoms with Gasteiger partial charge in [-0.3, -0.25) is 4.79 Å². The van der Waals surface area contributed by atoms with Crippen molar-refractivity contribution in [3.05, 3.63) is 89.4 Å². The summed E-state index contributed by atoms with van der Waals surface area (Å²) in [6.07, 6.45) is 2.95. The quantitative estimate of drug-likeness (QED) is 0.259. The van der Waals surface area contributed by atoms with E-state index >= 15 is 0 Å². The molecule has 3 aromatic rings. The molecule has 1 amide bonds. The van der Waals surface area contributed by atoms with Gasteiger partial charge in [-0.2, -0.15) is 5.26 Å². The molecule has 3 rings (SSSR count). The van der Waals surface area contributed by atoms with Crippen molar-refractivity contribution in [3.63, 3.8) is 0 Å². The van der Waals surface area contributed by atoms with Crippen LogP contribution in [0.3, 0.4) is 0 Å². The highest BCUT2D eigenvalue weighted by Gasteiger charge is 2.10. The molecule has 0 aliphatic heterocycles. The largest absolute Gasteiger partial charge is 0.482 e. The number of aryl methyl sites for hydroxylation is 1. The number of carbonyl (C=O) groups excluding carboxylic acids is 2. The number of benzene rings is 2. The van der Waals surface area contributed by atoms with Crippen LogP contribution in [0.2, 0.25) is 0 Å². The van der Waals surface area contributed by atoms with Crippen LogP contribution in [0.25, 0.3) is 6.08 Å². The van der Waals surface area contributed by atoms with Gasteiger partial charge in [0.25, 0.3) is 5.91 Å². The molecule has 7 heteroatoms. The minimum Gasteiger partial charge on any atom is -0.482 e. The van der Waals surface area contributed by atoms with Crippen LogP contribution in [0.15, 0.2) is 76.9 Å². The first-order chi connectivity index (χ1) is 15.0. The lowest BCUT2D eigenvalue weighted by Gasteiger charge is -2.09. The Balaban J connectivity index is 1.54. The third kappa shape index (κ3) is 6.34. The highest BCUT2D eigenvalue weighted by Crippen LogP contribution is 2.17. The van der Waals surface area contributed by atoms with E-state index in [1.165, 1.54) is 12.3 Å². The summed E-state index contributed by atoms with van der Waals surface area (Å²) in [6, 6.07) is 19.1. The SMILES string of the molecule is Cc1ccccc1OCC(=O)Oc1ccc(/C=C(\C#N)C(=O)NCc2ccco2)cc1. The molecule has 0 fully saturated rings. The van der Waals surface area contributed by atoms with Crippen molar-refractivity contribution in [2.24, 2.45) is 0 Å². The lowest BCUT2D eigenvalue weighted by molar-refractivity contribution is -0.136. The number of hydrogen-bond donors (Lipinski definition) is 1. The summed E-state index contributed by atoms with van der Waals surface area (Å²) < 4.78 is 15.9. The molecule has 0 saturated heterocycles. The van der Waals surface area contributed by atoms with Crippen LogP contribution in [0.1, 0.15) is 16.9 Å². The van der Waals surface area contributed by atoms with Gasteiger partial charge in [0, 0.05) is 0 Å². The zero-order valence-electron chi connectivity index (χ0n) is 16.8. The number of amides is 1. The van der Waals surface area contributed by atoms with Crippen molar-refractivity contribution in [3.8, 4) is 17.6 Å². The number of esters is 1. The molecule has 31 heavy (non-hydrogen) atoms. The van der Waals surface area contributed by atoms with Crippen molar-refractivity contribution in [2.75, 3.05) is 6.61 Å². The first-order valence-electron chi connectivity index (χ1n) is 9.46. The molecule has 0 unspecified atom stereocenters. The van der Waals surface area contributed by atoms with Gasteiger partial charge in [0.2, 0.25) is 0 Å². The molecule has 1 N–H and O–H groups in total.